The van der Waals surface area contributed by atoms with Crippen molar-refractivity contribution in [3.8, 4) is 0 Å². The molecule has 0 N–H and O–H groups in total. The summed E-state index contributed by atoms with van der Waals surface area (Å²) in [6.45, 7) is 4.71. The fourth-order valence-electron chi connectivity index (χ4n) is 2.90. The summed E-state index contributed by atoms with van der Waals surface area (Å²) in [4.78, 5) is 17.8. The summed E-state index contributed by atoms with van der Waals surface area (Å²) in [5.41, 5.74) is 1.57. The van der Waals surface area contributed by atoms with Crippen molar-refractivity contribution >= 4 is 5.91 Å². The van der Waals surface area contributed by atoms with E-state index < -0.39 is 30.8 Å². The lowest BCUT2D eigenvalue weighted by Crippen LogP contribution is -2.36. The Morgan fingerprint density at radius 3 is 2.79 bits per heavy atom. The van der Waals surface area contributed by atoms with E-state index in [1.165, 1.54) is 4.68 Å². The number of aryl methyl sites for hydroxylation is 3. The van der Waals surface area contributed by atoms with Crippen molar-refractivity contribution in [1.82, 2.24) is 24.8 Å². The lowest BCUT2D eigenvalue weighted by Gasteiger charge is -2.21. The summed E-state index contributed by atoms with van der Waals surface area (Å²) in [6, 6.07) is 0.923. The van der Waals surface area contributed by atoms with Crippen LogP contribution in [0.5, 0.6) is 0 Å². The van der Waals surface area contributed by atoms with Gasteiger partial charge in [0.15, 0.2) is 5.82 Å². The van der Waals surface area contributed by atoms with Crippen LogP contribution in [0.4, 0.5) is 8.78 Å². The third kappa shape index (κ3) is 3.15. The molecule has 0 aromatic carbocycles. The maximum absolute atomic E-state index is 13.9. The Labute approximate surface area is 137 Å². The summed E-state index contributed by atoms with van der Waals surface area (Å²) < 4.78 is 34.4. The van der Waals surface area contributed by atoms with Crippen molar-refractivity contribution in [2.24, 2.45) is 0 Å². The second kappa shape index (κ2) is 5.95. The van der Waals surface area contributed by atoms with Crippen LogP contribution < -0.4 is 0 Å². The van der Waals surface area contributed by atoms with Crippen molar-refractivity contribution in [2.45, 2.75) is 52.1 Å². The number of hydrogen-bond acceptors (Lipinski definition) is 5. The molecule has 2 aromatic heterocycles. The van der Waals surface area contributed by atoms with Crippen LogP contribution in [0.1, 0.15) is 42.5 Å². The molecule has 7 nitrogen and oxygen atoms in total. The minimum absolute atomic E-state index is 0.0609. The maximum atomic E-state index is 13.9. The van der Waals surface area contributed by atoms with Crippen LogP contribution in [0.2, 0.25) is 0 Å². The predicted molar refractivity (Wildman–Crippen MR) is 79.4 cm³/mol. The molecule has 0 radical (unpaired) electrons. The van der Waals surface area contributed by atoms with E-state index in [1.54, 1.807) is 0 Å². The van der Waals surface area contributed by atoms with Gasteiger partial charge in [-0.2, -0.15) is 10.1 Å². The normalized spacial score (nSPS) is 19.9. The van der Waals surface area contributed by atoms with E-state index in [9.17, 15) is 13.6 Å². The SMILES string of the molecule is CCc1noc([C@@H]2CC(F)(F)CN2C(=O)Cn2nc(C)cc2C)n1. The van der Waals surface area contributed by atoms with Crippen molar-refractivity contribution in [2.75, 3.05) is 6.54 Å². The molecule has 24 heavy (non-hydrogen) atoms. The molecule has 130 valence electrons. The van der Waals surface area contributed by atoms with Gasteiger partial charge in [0.25, 0.3) is 5.92 Å². The van der Waals surface area contributed by atoms with E-state index in [2.05, 4.69) is 15.2 Å². The number of nitrogens with zero attached hydrogens (tertiary/aromatic N) is 5. The average Bonchev–Trinajstić information content (AvgIpc) is 3.17. The van der Waals surface area contributed by atoms with Crippen molar-refractivity contribution in [1.29, 1.82) is 0 Å². The number of likely N-dealkylation sites (tertiary alicyclic amines) is 1. The van der Waals surface area contributed by atoms with Crippen LogP contribution in [0.25, 0.3) is 0 Å². The molecule has 0 saturated carbocycles. The number of amides is 1. The first kappa shape index (κ1) is 16.5. The molecule has 3 rings (SSSR count). The Hall–Kier alpha value is -2.32. The van der Waals surface area contributed by atoms with Gasteiger partial charge in [0.2, 0.25) is 11.8 Å². The van der Waals surface area contributed by atoms with E-state index >= 15 is 0 Å². The first-order valence-corrected chi connectivity index (χ1v) is 7.80. The van der Waals surface area contributed by atoms with Crippen molar-refractivity contribution in [3.63, 3.8) is 0 Å². The molecular weight excluding hydrogens is 320 g/mol. The van der Waals surface area contributed by atoms with Crippen LogP contribution in [0.3, 0.4) is 0 Å². The molecule has 2 aromatic rings. The van der Waals surface area contributed by atoms with Crippen LogP contribution >= 0.6 is 0 Å². The number of alkyl halides is 2. The standard InChI is InChI=1S/C15H19F2N5O2/c1-4-12-18-14(24-20-12)11-6-15(16,17)8-21(11)13(23)7-22-10(3)5-9(2)19-22/h5,11H,4,6-8H2,1-3H3/t11-/m0/s1. The molecule has 0 bridgehead atoms. The second-order valence-electron chi connectivity index (χ2n) is 6.08. The van der Waals surface area contributed by atoms with Crippen LogP contribution in [0.15, 0.2) is 10.6 Å². The summed E-state index contributed by atoms with van der Waals surface area (Å²) in [5.74, 6) is -2.92. The highest BCUT2D eigenvalue weighted by atomic mass is 19.3. The quantitative estimate of drug-likeness (QED) is 0.852. The van der Waals surface area contributed by atoms with Gasteiger partial charge >= 0.3 is 0 Å². The van der Waals surface area contributed by atoms with Crippen LogP contribution in [0, 0.1) is 13.8 Å². The first-order chi connectivity index (χ1) is 11.3. The highest BCUT2D eigenvalue weighted by molar-refractivity contribution is 5.77. The topological polar surface area (TPSA) is 77.0 Å². The van der Waals surface area contributed by atoms with Gasteiger partial charge in [-0.25, -0.2) is 8.78 Å². The second-order valence-corrected chi connectivity index (χ2v) is 6.08. The Morgan fingerprint density at radius 2 is 2.21 bits per heavy atom. The molecule has 1 atom stereocenters. The Bertz CT molecular complexity index is 755. The van der Waals surface area contributed by atoms with E-state index in [4.69, 9.17) is 4.52 Å². The molecule has 1 fully saturated rings. The lowest BCUT2D eigenvalue weighted by molar-refractivity contribution is -0.134. The van der Waals surface area contributed by atoms with Gasteiger partial charge in [-0.3, -0.25) is 9.48 Å². The summed E-state index contributed by atoms with van der Waals surface area (Å²) in [5, 5.41) is 7.94. The minimum Gasteiger partial charge on any atom is -0.337 e. The fraction of sp³-hybridized carbons (Fsp3) is 0.600. The van der Waals surface area contributed by atoms with E-state index in [-0.39, 0.29) is 12.4 Å². The number of rotatable bonds is 4. The molecule has 0 aliphatic carbocycles. The monoisotopic (exact) mass is 339 g/mol. The van der Waals surface area contributed by atoms with Crippen molar-refractivity contribution < 1.29 is 18.1 Å². The van der Waals surface area contributed by atoms with Gasteiger partial charge in [0, 0.05) is 18.5 Å². The molecule has 1 saturated heterocycles. The number of carbonyl (C=O) groups excluding carboxylic acids is 1. The highest BCUT2D eigenvalue weighted by Crippen LogP contribution is 2.40. The number of aromatic nitrogens is 4. The number of carbonyl (C=O) groups is 1. The number of hydrogen-bond donors (Lipinski definition) is 0. The van der Waals surface area contributed by atoms with E-state index in [0.29, 0.717) is 12.2 Å². The molecule has 1 amide bonds. The Kier molecular flexibility index (Phi) is 4.10. The third-order valence-corrected chi connectivity index (χ3v) is 4.06. The first-order valence-electron chi connectivity index (χ1n) is 7.80. The largest absolute Gasteiger partial charge is 0.337 e. The van der Waals surface area contributed by atoms with Crippen molar-refractivity contribution in [3.05, 3.63) is 29.2 Å². The summed E-state index contributed by atoms with van der Waals surface area (Å²) in [6.07, 6.45) is 0.0214. The Morgan fingerprint density at radius 1 is 1.46 bits per heavy atom. The molecular formula is C15H19F2N5O2. The van der Waals surface area contributed by atoms with Gasteiger partial charge in [0.05, 0.1) is 12.2 Å². The van der Waals surface area contributed by atoms with Gasteiger partial charge in [-0.1, -0.05) is 12.1 Å². The predicted octanol–water partition coefficient (Wildman–Crippen LogP) is 2.05. The third-order valence-electron chi connectivity index (χ3n) is 4.06. The van der Waals surface area contributed by atoms with Crippen LogP contribution in [-0.2, 0) is 17.8 Å². The Balaban J connectivity index is 1.83. The fourth-order valence-corrected chi connectivity index (χ4v) is 2.90. The number of halogens is 2. The highest BCUT2D eigenvalue weighted by Gasteiger charge is 2.49. The zero-order chi connectivity index (χ0) is 17.5. The lowest BCUT2D eigenvalue weighted by atomic mass is 10.2. The molecule has 3 heterocycles. The van der Waals surface area contributed by atoms with Crippen LogP contribution in [-0.4, -0.2) is 43.2 Å². The average molecular weight is 339 g/mol. The molecule has 9 heteroatoms. The van der Waals surface area contributed by atoms with E-state index in [1.807, 2.05) is 26.8 Å². The summed E-state index contributed by atoms with van der Waals surface area (Å²) in [7, 11) is 0. The van der Waals surface area contributed by atoms with Gasteiger partial charge in [-0.05, 0) is 19.9 Å². The molecule has 0 unspecified atom stereocenters. The van der Waals surface area contributed by atoms with Gasteiger partial charge in [0.1, 0.15) is 12.6 Å². The minimum atomic E-state index is -2.98. The zero-order valence-corrected chi connectivity index (χ0v) is 13.8. The maximum Gasteiger partial charge on any atom is 0.267 e. The smallest absolute Gasteiger partial charge is 0.267 e. The summed E-state index contributed by atoms with van der Waals surface area (Å²) >= 11 is 0. The zero-order valence-electron chi connectivity index (χ0n) is 13.8. The molecule has 0 spiro atoms. The molecule has 1 aliphatic rings. The van der Waals surface area contributed by atoms with Gasteiger partial charge in [-0.15, -0.1) is 0 Å². The van der Waals surface area contributed by atoms with E-state index in [0.717, 1.165) is 16.3 Å². The molecule has 1 aliphatic heterocycles. The van der Waals surface area contributed by atoms with Gasteiger partial charge < -0.3 is 9.42 Å².